The molecule has 0 radical (unpaired) electrons. The molecule has 5 heteroatoms. The van der Waals surface area contributed by atoms with Crippen LogP contribution in [0.2, 0.25) is 10.0 Å². The molecule has 1 unspecified atom stereocenters. The maximum absolute atomic E-state index is 13.6. The van der Waals surface area contributed by atoms with Crippen LogP contribution >= 0.6 is 39.1 Å². The first-order valence-electron chi connectivity index (χ1n) is 5.54. The second-order valence-electron chi connectivity index (χ2n) is 4.13. The first-order chi connectivity index (χ1) is 8.97. The van der Waals surface area contributed by atoms with Crippen molar-refractivity contribution in [2.75, 3.05) is 0 Å². The van der Waals surface area contributed by atoms with E-state index >= 15 is 0 Å². The minimum Gasteiger partial charge on any atom is -0.388 e. The topological polar surface area (TPSA) is 20.2 Å². The van der Waals surface area contributed by atoms with Gasteiger partial charge in [0.05, 0.1) is 11.1 Å². The maximum Gasteiger partial charge on any atom is 0.126 e. The largest absolute Gasteiger partial charge is 0.388 e. The molecule has 0 aliphatic rings. The molecule has 0 saturated heterocycles. The maximum atomic E-state index is 13.6. The molecular weight excluding hydrogens is 354 g/mol. The summed E-state index contributed by atoms with van der Waals surface area (Å²) in [5.41, 5.74) is 1.01. The van der Waals surface area contributed by atoms with Crippen molar-refractivity contribution in [2.24, 2.45) is 0 Å². The molecule has 2 aromatic rings. The highest BCUT2D eigenvalue weighted by Crippen LogP contribution is 2.28. The summed E-state index contributed by atoms with van der Waals surface area (Å²) in [6.45, 7) is 0. The van der Waals surface area contributed by atoms with Gasteiger partial charge >= 0.3 is 0 Å². The summed E-state index contributed by atoms with van der Waals surface area (Å²) in [6.07, 6.45) is -0.691. The highest BCUT2D eigenvalue weighted by molar-refractivity contribution is 9.10. The molecule has 100 valence electrons. The van der Waals surface area contributed by atoms with E-state index in [2.05, 4.69) is 15.9 Å². The zero-order valence-corrected chi connectivity index (χ0v) is 12.8. The zero-order chi connectivity index (χ0) is 14.0. The first kappa shape index (κ1) is 14.8. The molecule has 0 bridgehead atoms. The van der Waals surface area contributed by atoms with Gasteiger partial charge in [0.15, 0.2) is 0 Å². The molecule has 0 fully saturated rings. The Bertz CT molecular complexity index is 604. The number of benzene rings is 2. The Balaban J connectivity index is 2.22. The number of hydrogen-bond acceptors (Lipinski definition) is 1. The van der Waals surface area contributed by atoms with Crippen LogP contribution in [0.1, 0.15) is 17.2 Å². The fraction of sp³-hybridized carbons (Fsp3) is 0.143. The summed E-state index contributed by atoms with van der Waals surface area (Å²) in [6, 6.07) is 9.42. The van der Waals surface area contributed by atoms with Gasteiger partial charge in [-0.3, -0.25) is 0 Å². The van der Waals surface area contributed by atoms with Crippen LogP contribution in [0, 0.1) is 5.82 Å². The number of aliphatic hydroxyl groups excluding tert-OH is 1. The van der Waals surface area contributed by atoms with Gasteiger partial charge in [0.2, 0.25) is 0 Å². The molecule has 2 aromatic carbocycles. The van der Waals surface area contributed by atoms with Crippen LogP contribution in [0.3, 0.4) is 0 Å². The minimum atomic E-state index is -0.835. The number of rotatable bonds is 3. The van der Waals surface area contributed by atoms with Gasteiger partial charge in [0.25, 0.3) is 0 Å². The Morgan fingerprint density at radius 1 is 1.16 bits per heavy atom. The van der Waals surface area contributed by atoms with Crippen molar-refractivity contribution in [3.8, 4) is 0 Å². The summed E-state index contributed by atoms with van der Waals surface area (Å²) in [5, 5.41) is 11.1. The summed E-state index contributed by atoms with van der Waals surface area (Å²) >= 11 is 15.1. The Morgan fingerprint density at radius 3 is 2.58 bits per heavy atom. The second-order valence-corrected chi connectivity index (χ2v) is 5.83. The van der Waals surface area contributed by atoms with Crippen LogP contribution in [-0.4, -0.2) is 5.11 Å². The van der Waals surface area contributed by atoms with Gasteiger partial charge in [-0.2, -0.15) is 0 Å². The quantitative estimate of drug-likeness (QED) is 0.797. The lowest BCUT2D eigenvalue weighted by atomic mass is 10.0. The molecule has 19 heavy (non-hydrogen) atoms. The molecule has 1 nitrogen and oxygen atoms in total. The van der Waals surface area contributed by atoms with E-state index in [4.69, 9.17) is 23.2 Å². The van der Waals surface area contributed by atoms with E-state index in [0.29, 0.717) is 21.2 Å². The second kappa shape index (κ2) is 6.23. The normalized spacial score (nSPS) is 12.5. The Labute approximate surface area is 129 Å². The highest BCUT2D eigenvalue weighted by Gasteiger charge is 2.13. The number of halogens is 4. The van der Waals surface area contributed by atoms with Crippen molar-refractivity contribution in [2.45, 2.75) is 12.5 Å². The lowest BCUT2D eigenvalue weighted by Gasteiger charge is -2.13. The lowest BCUT2D eigenvalue weighted by Crippen LogP contribution is -2.03. The fourth-order valence-electron chi connectivity index (χ4n) is 1.75. The predicted octanol–water partition coefficient (Wildman–Crippen LogP) is 5.17. The average Bonchev–Trinajstić information content (AvgIpc) is 2.37. The van der Waals surface area contributed by atoms with Crippen LogP contribution in [0.25, 0.3) is 0 Å². The van der Waals surface area contributed by atoms with Gasteiger partial charge < -0.3 is 5.11 Å². The Kier molecular flexibility index (Phi) is 4.85. The molecule has 1 N–H and O–H groups in total. The standard InChI is InChI=1S/C14H10BrCl2FO/c15-11-3-1-8(6-12(11)17)14(19)7-9-5-10(16)2-4-13(9)18/h1-6,14,19H,7H2. The molecule has 0 saturated carbocycles. The van der Waals surface area contributed by atoms with Crippen molar-refractivity contribution in [1.82, 2.24) is 0 Å². The molecule has 0 heterocycles. The SMILES string of the molecule is OC(Cc1cc(Cl)ccc1F)c1ccc(Br)c(Cl)c1. The predicted molar refractivity (Wildman–Crippen MR) is 79.2 cm³/mol. The minimum absolute atomic E-state index is 0.143. The third kappa shape index (κ3) is 3.69. The van der Waals surface area contributed by atoms with Crippen molar-refractivity contribution in [3.63, 3.8) is 0 Å². The first-order valence-corrected chi connectivity index (χ1v) is 7.09. The van der Waals surface area contributed by atoms with E-state index in [1.807, 2.05) is 0 Å². The van der Waals surface area contributed by atoms with E-state index < -0.39 is 6.10 Å². The third-order valence-corrected chi connectivity index (χ3v) is 4.22. The average molecular weight is 364 g/mol. The molecule has 2 rings (SSSR count). The summed E-state index contributed by atoms with van der Waals surface area (Å²) in [4.78, 5) is 0. The monoisotopic (exact) mass is 362 g/mol. The van der Waals surface area contributed by atoms with Crippen LogP contribution in [0.4, 0.5) is 4.39 Å². The molecule has 1 atom stereocenters. The van der Waals surface area contributed by atoms with Gasteiger partial charge in [-0.1, -0.05) is 29.3 Å². The van der Waals surface area contributed by atoms with Crippen LogP contribution in [0.15, 0.2) is 40.9 Å². The van der Waals surface area contributed by atoms with Gasteiger partial charge in [-0.25, -0.2) is 4.39 Å². The fourth-order valence-corrected chi connectivity index (χ4v) is 2.38. The number of aliphatic hydroxyl groups is 1. The van der Waals surface area contributed by atoms with Gasteiger partial charge in [0, 0.05) is 15.9 Å². The summed E-state index contributed by atoms with van der Waals surface area (Å²) in [7, 11) is 0. The third-order valence-electron chi connectivity index (χ3n) is 2.75. The summed E-state index contributed by atoms with van der Waals surface area (Å²) in [5.74, 6) is -0.383. The molecule has 0 amide bonds. The van der Waals surface area contributed by atoms with Crippen LogP contribution in [-0.2, 0) is 6.42 Å². The molecule has 0 aliphatic heterocycles. The van der Waals surface area contributed by atoms with E-state index in [1.165, 1.54) is 18.2 Å². The highest BCUT2D eigenvalue weighted by atomic mass is 79.9. The summed E-state index contributed by atoms with van der Waals surface area (Å²) < 4.78 is 14.3. The van der Waals surface area contributed by atoms with E-state index in [9.17, 15) is 9.50 Å². The molecule has 0 aromatic heterocycles. The smallest absolute Gasteiger partial charge is 0.126 e. The lowest BCUT2D eigenvalue weighted by molar-refractivity contribution is 0.177. The van der Waals surface area contributed by atoms with Crippen LogP contribution in [0.5, 0.6) is 0 Å². The van der Waals surface area contributed by atoms with Gasteiger partial charge in [-0.05, 0) is 57.4 Å². The van der Waals surface area contributed by atoms with Crippen molar-refractivity contribution in [3.05, 3.63) is 67.9 Å². The van der Waals surface area contributed by atoms with E-state index in [0.717, 1.165) is 4.47 Å². The van der Waals surface area contributed by atoms with Crippen molar-refractivity contribution >= 4 is 39.1 Å². The number of hydrogen-bond donors (Lipinski definition) is 1. The Morgan fingerprint density at radius 2 is 1.89 bits per heavy atom. The Hall–Kier alpha value is -0.610. The van der Waals surface area contributed by atoms with Crippen molar-refractivity contribution in [1.29, 1.82) is 0 Å². The van der Waals surface area contributed by atoms with E-state index in [-0.39, 0.29) is 12.2 Å². The van der Waals surface area contributed by atoms with Crippen molar-refractivity contribution < 1.29 is 9.50 Å². The molecule has 0 aliphatic carbocycles. The zero-order valence-electron chi connectivity index (χ0n) is 9.71. The van der Waals surface area contributed by atoms with Gasteiger partial charge in [0.1, 0.15) is 5.82 Å². The van der Waals surface area contributed by atoms with E-state index in [1.54, 1.807) is 18.2 Å². The van der Waals surface area contributed by atoms with Gasteiger partial charge in [-0.15, -0.1) is 0 Å². The molecular formula is C14H10BrCl2FO. The molecule has 0 spiro atoms. The van der Waals surface area contributed by atoms with Crippen LogP contribution < -0.4 is 0 Å².